The predicted octanol–water partition coefficient (Wildman–Crippen LogP) is 0.866. The summed E-state index contributed by atoms with van der Waals surface area (Å²) in [6.45, 7) is 0.210. The molecular weight excluding hydrogens is 663 g/mol. The highest BCUT2D eigenvalue weighted by Gasteiger charge is 2.53. The number of amides is 4. The first kappa shape index (κ1) is 32.8. The number of fused-ring (bicyclic) bond motifs is 1. The Morgan fingerprint density at radius 3 is 2.59 bits per heavy atom. The molecule has 3 aliphatic rings. The number of aliphatic carboxylic acids is 1. The molecule has 16 nitrogen and oxygen atoms in total. The van der Waals surface area contributed by atoms with Crippen molar-refractivity contribution >= 4 is 63.2 Å². The molecule has 4 amide bonds. The molecule has 18 heteroatoms. The van der Waals surface area contributed by atoms with Gasteiger partial charge < -0.3 is 36.7 Å². The smallest absolute Gasteiger partial charge is 0.352 e. The van der Waals surface area contributed by atoms with Crippen molar-refractivity contribution in [2.45, 2.75) is 37.9 Å². The first-order chi connectivity index (χ1) is 23.4. The fourth-order valence-corrected chi connectivity index (χ4v) is 6.49. The van der Waals surface area contributed by atoms with E-state index < -0.39 is 53.1 Å². The molecule has 0 bridgehead atoms. The van der Waals surface area contributed by atoms with Crippen LogP contribution in [-0.2, 0) is 30.5 Å². The number of thiazole rings is 1. The fourth-order valence-electron chi connectivity index (χ4n) is 5.94. The van der Waals surface area contributed by atoms with Crippen LogP contribution in [0.3, 0.4) is 0 Å². The molecule has 1 aromatic carbocycles. The summed E-state index contributed by atoms with van der Waals surface area (Å²) in [5.41, 5.74) is 6.27. The number of hydrogen-bond donors (Lipinski definition) is 6. The molecule has 2 aromatic heterocycles. The molecule has 252 valence electrons. The van der Waals surface area contributed by atoms with Crippen molar-refractivity contribution in [1.82, 2.24) is 15.2 Å². The number of anilines is 3. The van der Waals surface area contributed by atoms with Gasteiger partial charge in [0.2, 0.25) is 6.54 Å². The number of β-lactam (4-membered cyclic amide) rings is 1. The summed E-state index contributed by atoms with van der Waals surface area (Å²) in [5.74, 6) is -5.09. The van der Waals surface area contributed by atoms with Gasteiger partial charge in [-0.15, -0.1) is 11.3 Å². The first-order valence-electron chi connectivity index (χ1n) is 14.8. The van der Waals surface area contributed by atoms with Crippen molar-refractivity contribution in [3.63, 3.8) is 0 Å². The van der Waals surface area contributed by atoms with E-state index in [1.807, 2.05) is 0 Å². The van der Waals surface area contributed by atoms with Gasteiger partial charge in [0.15, 0.2) is 34.8 Å². The second-order valence-electron chi connectivity index (χ2n) is 11.3. The number of hydrogen-bond acceptors (Lipinski definition) is 11. The van der Waals surface area contributed by atoms with Crippen LogP contribution >= 0.6 is 11.3 Å². The van der Waals surface area contributed by atoms with Crippen molar-refractivity contribution < 1.29 is 48.4 Å². The number of nitrogens with one attached hydrogen (secondary N) is 2. The Labute approximate surface area is 280 Å². The van der Waals surface area contributed by atoms with E-state index in [2.05, 4.69) is 20.8 Å². The summed E-state index contributed by atoms with van der Waals surface area (Å²) >= 11 is 1.03. The predicted molar refractivity (Wildman–Crippen MR) is 170 cm³/mol. The number of oxime groups is 1. The maximum atomic E-state index is 13.6. The van der Waals surface area contributed by atoms with Crippen LogP contribution in [0.5, 0.6) is 5.75 Å². The van der Waals surface area contributed by atoms with Gasteiger partial charge in [-0.2, -0.15) is 4.57 Å². The summed E-state index contributed by atoms with van der Waals surface area (Å²) in [4.78, 5) is 70.6. The second-order valence-corrected chi connectivity index (χ2v) is 12.2. The highest BCUT2D eigenvalue weighted by molar-refractivity contribution is 7.13. The van der Waals surface area contributed by atoms with Crippen LogP contribution in [0, 0.1) is 5.82 Å². The number of carboxylic acids is 1. The van der Waals surface area contributed by atoms with Crippen molar-refractivity contribution in [3.8, 4) is 5.75 Å². The van der Waals surface area contributed by atoms with E-state index in [0.29, 0.717) is 36.2 Å². The van der Waals surface area contributed by atoms with Gasteiger partial charge in [-0.05, 0) is 43.0 Å². The zero-order valence-electron chi connectivity index (χ0n) is 25.4. The number of halogens is 1. The Balaban J connectivity index is 1.11. The second kappa shape index (κ2) is 13.1. The number of carbonyl (C=O) groups excluding carboxylic acids is 4. The third-order valence-corrected chi connectivity index (χ3v) is 8.93. The monoisotopic (exact) mass is 691 g/mol. The number of aromatic hydroxyl groups is 1. The minimum Gasteiger partial charge on any atom is -0.505 e. The molecule has 0 spiro atoms. The number of benzene rings is 1. The van der Waals surface area contributed by atoms with Gasteiger partial charge in [-0.1, -0.05) is 5.16 Å². The van der Waals surface area contributed by atoms with E-state index >= 15 is 0 Å². The molecule has 2 fully saturated rings. The molecule has 49 heavy (non-hydrogen) atoms. The van der Waals surface area contributed by atoms with E-state index in [1.165, 1.54) is 22.4 Å². The Hall–Kier alpha value is -6.17. The highest BCUT2D eigenvalue weighted by atomic mass is 32.1. The SMILES string of the molecule is Nc1nc(C(=NO)C(=O)N[C@@H]2C(=O)N3C(C(=O)O)=C(C=C4CCN(c5cc[n+](CC(=O)Nc6ccc(O)c(F)c6)cc5)C4=O)CC[C@H]23)cs1. The number of aromatic nitrogens is 2. The number of phenolic OH excluding ortho intramolecular Hbond substituents is 1. The van der Waals surface area contributed by atoms with E-state index in [-0.39, 0.29) is 41.1 Å². The quantitative estimate of drug-likeness (QED) is 0.0353. The summed E-state index contributed by atoms with van der Waals surface area (Å²) in [6.07, 6.45) is 5.53. The zero-order valence-corrected chi connectivity index (χ0v) is 26.2. The molecule has 3 aliphatic heterocycles. The summed E-state index contributed by atoms with van der Waals surface area (Å²) in [7, 11) is 0. The van der Waals surface area contributed by atoms with Gasteiger partial charge in [0.05, 0.1) is 11.7 Å². The molecule has 2 saturated heterocycles. The van der Waals surface area contributed by atoms with E-state index in [0.717, 1.165) is 28.4 Å². The van der Waals surface area contributed by atoms with Crippen molar-refractivity contribution in [1.29, 1.82) is 0 Å². The number of carbonyl (C=O) groups is 5. The molecular formula is C31H28FN8O8S+. The lowest BCUT2D eigenvalue weighted by Crippen LogP contribution is -2.72. The molecule has 0 saturated carbocycles. The summed E-state index contributed by atoms with van der Waals surface area (Å²) in [6, 6.07) is 5.05. The highest BCUT2D eigenvalue weighted by Crippen LogP contribution is 2.38. The summed E-state index contributed by atoms with van der Waals surface area (Å²) < 4.78 is 15.1. The average molecular weight is 692 g/mol. The lowest BCUT2D eigenvalue weighted by atomic mass is 9.82. The maximum Gasteiger partial charge on any atom is 0.352 e. The maximum absolute atomic E-state index is 13.6. The minimum atomic E-state index is -1.36. The van der Waals surface area contributed by atoms with Crippen molar-refractivity contribution in [2.75, 3.05) is 22.5 Å². The van der Waals surface area contributed by atoms with Gasteiger partial charge in [0.25, 0.3) is 23.6 Å². The molecule has 3 aromatic rings. The largest absolute Gasteiger partial charge is 0.505 e. The topological polar surface area (TPSA) is 232 Å². The van der Waals surface area contributed by atoms with E-state index in [1.54, 1.807) is 29.1 Å². The van der Waals surface area contributed by atoms with E-state index in [4.69, 9.17) is 5.73 Å². The van der Waals surface area contributed by atoms with Crippen molar-refractivity contribution in [2.24, 2.45) is 5.16 Å². The third kappa shape index (κ3) is 6.40. The van der Waals surface area contributed by atoms with Crippen LogP contribution in [0.25, 0.3) is 0 Å². The van der Waals surface area contributed by atoms with Crippen LogP contribution < -0.4 is 25.8 Å². The minimum absolute atomic E-state index is 0.0213. The van der Waals surface area contributed by atoms with Gasteiger partial charge >= 0.3 is 5.97 Å². The Morgan fingerprint density at radius 1 is 1.18 bits per heavy atom. The number of pyridine rings is 1. The molecule has 0 aliphatic carbocycles. The number of nitrogens with zero attached hydrogens (tertiary/aromatic N) is 5. The van der Waals surface area contributed by atoms with E-state index in [9.17, 15) is 43.8 Å². The van der Waals surface area contributed by atoms with Crippen LogP contribution in [0.4, 0.5) is 20.9 Å². The summed E-state index contributed by atoms with van der Waals surface area (Å²) in [5, 5.41) is 38.3. The molecule has 0 radical (unpaired) electrons. The molecule has 0 unspecified atom stereocenters. The number of nitrogen functional groups attached to an aromatic ring is 1. The number of rotatable bonds is 9. The molecule has 6 rings (SSSR count). The number of phenols is 1. The van der Waals surface area contributed by atoms with Crippen LogP contribution in [0.2, 0.25) is 0 Å². The van der Waals surface area contributed by atoms with Gasteiger partial charge in [-0.25, -0.2) is 14.2 Å². The Bertz CT molecular complexity index is 1990. The van der Waals surface area contributed by atoms with Gasteiger partial charge in [0.1, 0.15) is 17.4 Å². The standard InChI is InChI=1S/C31H27FN8O8S/c32-19-12-17(2-4-22(19)41)34-23(42)13-38-8-6-18(7-9-38)39-10-5-16(28(39)44)11-15-1-3-21-25(29(45)40(21)26(15)30(46)47)36-27(43)24(37-48)20-14-49-31(33)35-20/h2,4,6-9,11-12,14,21,25H,1,3,5,10,13H2,(H6-,33,34,35,36,37,41,42,43,46,47,48)/p+1/t21-,25+/m1/s1. The lowest BCUT2D eigenvalue weighted by Gasteiger charge is -2.50. The normalized spacial score (nSPS) is 19.9. The number of nitrogens with two attached hydrogens (primary N) is 1. The van der Waals surface area contributed by atoms with Gasteiger partial charge in [-0.3, -0.25) is 24.1 Å². The molecule has 7 N–H and O–H groups in total. The third-order valence-electron chi connectivity index (χ3n) is 8.26. The average Bonchev–Trinajstić information content (AvgIpc) is 3.66. The lowest BCUT2D eigenvalue weighted by molar-refractivity contribution is -0.684. The van der Waals surface area contributed by atoms with Crippen molar-refractivity contribution in [3.05, 3.63) is 82.5 Å². The van der Waals surface area contributed by atoms with Gasteiger partial charge in [0, 0.05) is 41.4 Å². The Morgan fingerprint density at radius 2 is 1.94 bits per heavy atom. The fraction of sp³-hybridized carbons (Fsp3) is 0.226. The first-order valence-corrected chi connectivity index (χ1v) is 15.7. The Kier molecular flexibility index (Phi) is 8.79. The number of carboxylic acid groups (broad SMARTS) is 1. The molecule has 2 atom stereocenters. The van der Waals surface area contributed by atoms with Crippen LogP contribution in [-0.4, -0.2) is 79.2 Å². The molecule has 5 heterocycles. The zero-order chi connectivity index (χ0) is 35.0. The van der Waals surface area contributed by atoms with Crippen LogP contribution in [0.15, 0.2) is 76.2 Å². The van der Waals surface area contributed by atoms with Crippen LogP contribution in [0.1, 0.15) is 25.0 Å². The number of allylic oxidation sites excluding steroid dienone is 2.